The molecule has 0 amide bonds. The summed E-state index contributed by atoms with van der Waals surface area (Å²) in [5, 5.41) is 0. The van der Waals surface area contributed by atoms with Crippen molar-refractivity contribution in [3.8, 4) is 0 Å². The summed E-state index contributed by atoms with van der Waals surface area (Å²) < 4.78 is 5.22. The molecule has 0 aromatic heterocycles. The zero-order valence-electron chi connectivity index (χ0n) is 22.7. The van der Waals surface area contributed by atoms with Gasteiger partial charge in [-0.1, -0.05) is 0 Å². The van der Waals surface area contributed by atoms with Gasteiger partial charge in [-0.15, -0.1) is 0 Å². The first-order valence-corrected chi connectivity index (χ1v) is 22.3. The van der Waals surface area contributed by atoms with Crippen LogP contribution in [0.3, 0.4) is 0 Å². The van der Waals surface area contributed by atoms with Crippen molar-refractivity contribution in [1.29, 1.82) is 0 Å². The molecule has 0 unspecified atom stereocenters. The van der Waals surface area contributed by atoms with Crippen LogP contribution < -0.4 is 0 Å². The first-order valence-electron chi connectivity index (χ1n) is 15.3. The first-order chi connectivity index (χ1) is 15.3. The summed E-state index contributed by atoms with van der Waals surface area (Å²) in [6, 6.07) is 0. The summed E-state index contributed by atoms with van der Waals surface area (Å²) in [7, 11) is 0. The molecule has 0 saturated carbocycles. The molecule has 0 aromatic carbocycles. The van der Waals surface area contributed by atoms with Gasteiger partial charge >= 0.3 is 209 Å². The predicted molar refractivity (Wildman–Crippen MR) is 148 cm³/mol. The van der Waals surface area contributed by atoms with Crippen molar-refractivity contribution in [3.05, 3.63) is 0 Å². The van der Waals surface area contributed by atoms with Crippen LogP contribution in [0.2, 0.25) is 12.5 Å². The molecule has 0 saturated heterocycles. The van der Waals surface area contributed by atoms with Gasteiger partial charge in [0.1, 0.15) is 0 Å². The molecule has 0 aromatic rings. The van der Waals surface area contributed by atoms with Crippen LogP contribution in [0.5, 0.6) is 0 Å². The third-order valence-corrected chi connectivity index (χ3v) is 17.9. The maximum atomic E-state index is 2.33. The van der Waals surface area contributed by atoms with E-state index in [1.54, 1.807) is 51.1 Å². The molecule has 0 atom stereocenters. The van der Waals surface area contributed by atoms with Crippen molar-refractivity contribution in [2.75, 3.05) is 0 Å². The van der Waals surface area contributed by atoms with Crippen LogP contribution in [0.25, 0.3) is 0 Å². The summed E-state index contributed by atoms with van der Waals surface area (Å²) in [5.41, 5.74) is 0. The maximum absolute atomic E-state index is 2.33. The SMILES string of the molecule is CCCCCCCCC[CH2][In]([CH2]CCCCCCCCC)[CH2]CCCCCCCCC. The van der Waals surface area contributed by atoms with Crippen molar-refractivity contribution < 1.29 is 0 Å². The second kappa shape index (κ2) is 28.9. The van der Waals surface area contributed by atoms with Gasteiger partial charge in [-0.25, -0.2) is 0 Å². The molecule has 0 heterocycles. The van der Waals surface area contributed by atoms with Gasteiger partial charge in [0.05, 0.1) is 0 Å². The average Bonchev–Trinajstić information content (AvgIpc) is 2.78. The van der Waals surface area contributed by atoms with Gasteiger partial charge in [-0.2, -0.15) is 0 Å². The summed E-state index contributed by atoms with van der Waals surface area (Å²) in [6.07, 6.45) is 36.0. The van der Waals surface area contributed by atoms with E-state index in [9.17, 15) is 0 Å². The van der Waals surface area contributed by atoms with Crippen LogP contribution in [-0.2, 0) is 0 Å². The molecular formula is C30H63In. The molecule has 0 aliphatic carbocycles. The quantitative estimate of drug-likeness (QED) is 0.0913. The van der Waals surface area contributed by atoms with Crippen LogP contribution in [0.15, 0.2) is 0 Å². The molecule has 0 spiro atoms. The Morgan fingerprint density at radius 3 is 0.677 bits per heavy atom. The van der Waals surface area contributed by atoms with Crippen LogP contribution in [0.1, 0.15) is 175 Å². The molecule has 0 bridgehead atoms. The van der Waals surface area contributed by atoms with Crippen LogP contribution in [-0.4, -0.2) is 21.4 Å². The zero-order valence-corrected chi connectivity index (χ0v) is 26.0. The number of unbranched alkanes of at least 4 members (excludes halogenated alkanes) is 21. The van der Waals surface area contributed by atoms with Crippen molar-refractivity contribution in [2.24, 2.45) is 0 Å². The van der Waals surface area contributed by atoms with E-state index < -0.39 is 21.4 Å². The number of hydrogen-bond acceptors (Lipinski definition) is 0. The molecule has 186 valence electrons. The third-order valence-electron chi connectivity index (χ3n) is 7.40. The average molecular weight is 539 g/mol. The molecule has 0 rings (SSSR count). The van der Waals surface area contributed by atoms with E-state index >= 15 is 0 Å². The molecule has 0 aliphatic heterocycles. The molecule has 0 nitrogen and oxygen atoms in total. The van der Waals surface area contributed by atoms with Gasteiger partial charge < -0.3 is 0 Å². The molecule has 0 radical (unpaired) electrons. The standard InChI is InChI=1S/3C10H21.In/c3*1-3-5-7-9-10-8-6-4-2;/h3*1,3-10H2,2H3;. The number of hydrogen-bond donors (Lipinski definition) is 0. The van der Waals surface area contributed by atoms with E-state index in [2.05, 4.69) is 20.8 Å². The molecule has 0 fully saturated rings. The topological polar surface area (TPSA) is 0 Å². The Hall–Kier alpha value is 0.870. The van der Waals surface area contributed by atoms with Crippen molar-refractivity contribution in [1.82, 2.24) is 0 Å². The molecule has 0 aliphatic rings. The van der Waals surface area contributed by atoms with E-state index in [0.717, 1.165) is 0 Å². The fraction of sp³-hybridized carbons (Fsp3) is 1.00. The Labute approximate surface area is 208 Å². The van der Waals surface area contributed by atoms with Gasteiger partial charge in [0, 0.05) is 0 Å². The van der Waals surface area contributed by atoms with Crippen LogP contribution in [0, 0.1) is 0 Å². The van der Waals surface area contributed by atoms with E-state index in [1.165, 1.54) is 116 Å². The van der Waals surface area contributed by atoms with Crippen LogP contribution in [0.4, 0.5) is 0 Å². The fourth-order valence-electron chi connectivity index (χ4n) is 5.13. The summed E-state index contributed by atoms with van der Waals surface area (Å²) in [5.74, 6) is 0. The monoisotopic (exact) mass is 538 g/mol. The van der Waals surface area contributed by atoms with Crippen molar-refractivity contribution >= 4 is 21.4 Å². The Morgan fingerprint density at radius 1 is 0.258 bits per heavy atom. The van der Waals surface area contributed by atoms with Gasteiger partial charge in [-0.05, 0) is 0 Å². The summed E-state index contributed by atoms with van der Waals surface area (Å²) in [6.45, 7) is 6.98. The van der Waals surface area contributed by atoms with E-state index in [-0.39, 0.29) is 0 Å². The predicted octanol–water partition coefficient (Wildman–Crippen LogP) is 11.9. The Bertz CT molecular complexity index is 253. The van der Waals surface area contributed by atoms with Crippen LogP contribution >= 0.6 is 0 Å². The molecule has 1 heteroatoms. The summed E-state index contributed by atoms with van der Waals surface area (Å²) >= 11 is -1.20. The van der Waals surface area contributed by atoms with Crippen molar-refractivity contribution in [2.45, 2.75) is 187 Å². The third kappa shape index (κ3) is 27.0. The Morgan fingerprint density at radius 2 is 0.452 bits per heavy atom. The second-order valence-corrected chi connectivity index (χ2v) is 20.5. The minimum absolute atomic E-state index is 1.20. The molecule has 31 heavy (non-hydrogen) atoms. The van der Waals surface area contributed by atoms with E-state index in [0.29, 0.717) is 0 Å². The van der Waals surface area contributed by atoms with E-state index in [4.69, 9.17) is 0 Å². The zero-order chi connectivity index (χ0) is 22.7. The Balaban J connectivity index is 3.82. The number of rotatable bonds is 27. The van der Waals surface area contributed by atoms with Gasteiger partial charge in [-0.3, -0.25) is 0 Å². The first kappa shape index (κ1) is 31.9. The fourth-order valence-corrected chi connectivity index (χ4v) is 15.0. The normalized spacial score (nSPS) is 11.3. The van der Waals surface area contributed by atoms with Crippen molar-refractivity contribution in [3.63, 3.8) is 0 Å². The van der Waals surface area contributed by atoms with Gasteiger partial charge in [0.2, 0.25) is 0 Å². The van der Waals surface area contributed by atoms with Gasteiger partial charge in [0.15, 0.2) is 0 Å². The molecule has 0 N–H and O–H groups in total. The molecular weight excluding hydrogens is 475 g/mol. The summed E-state index contributed by atoms with van der Waals surface area (Å²) in [4.78, 5) is 0. The Kier molecular flexibility index (Phi) is 29.7. The van der Waals surface area contributed by atoms with Gasteiger partial charge in [0.25, 0.3) is 0 Å². The minimum atomic E-state index is -1.20. The second-order valence-electron chi connectivity index (χ2n) is 10.7. The van der Waals surface area contributed by atoms with E-state index in [1.807, 2.05) is 0 Å².